The molecule has 0 fully saturated rings. The van der Waals surface area contributed by atoms with Gasteiger partial charge in [-0.3, -0.25) is 19.5 Å². The van der Waals surface area contributed by atoms with Crippen LogP contribution in [0.1, 0.15) is 60.7 Å². The maximum absolute atomic E-state index is 12.3. The summed E-state index contributed by atoms with van der Waals surface area (Å²) in [5, 5.41) is 9.09. The van der Waals surface area contributed by atoms with E-state index >= 15 is 0 Å². The van der Waals surface area contributed by atoms with Gasteiger partial charge in [0.15, 0.2) is 5.96 Å². The summed E-state index contributed by atoms with van der Waals surface area (Å²) in [6.45, 7) is 7.68. The first kappa shape index (κ1) is 24.2. The number of hydrogen-bond donors (Lipinski definition) is 3. The molecule has 0 aromatic heterocycles. The molecular weight excluding hydrogens is 398 g/mol. The van der Waals surface area contributed by atoms with E-state index in [0.717, 1.165) is 12.8 Å². The molecule has 1 heterocycles. The van der Waals surface area contributed by atoms with Crippen molar-refractivity contribution in [2.45, 2.75) is 45.6 Å². The van der Waals surface area contributed by atoms with Gasteiger partial charge in [-0.05, 0) is 52.2 Å². The van der Waals surface area contributed by atoms with Crippen molar-refractivity contribution >= 4 is 23.9 Å². The summed E-state index contributed by atoms with van der Waals surface area (Å²) in [6, 6.07) is 6.92. The van der Waals surface area contributed by atoms with Gasteiger partial charge < -0.3 is 20.7 Å². The van der Waals surface area contributed by atoms with Gasteiger partial charge in [-0.2, -0.15) is 0 Å². The van der Waals surface area contributed by atoms with Crippen molar-refractivity contribution in [2.24, 2.45) is 4.99 Å². The van der Waals surface area contributed by atoms with Crippen molar-refractivity contribution in [1.29, 1.82) is 0 Å². The highest BCUT2D eigenvalue weighted by atomic mass is 16.6. The van der Waals surface area contributed by atoms with Crippen molar-refractivity contribution in [1.82, 2.24) is 20.9 Å². The Hall–Kier alpha value is -3.10. The highest BCUT2D eigenvalue weighted by Gasteiger charge is 2.34. The van der Waals surface area contributed by atoms with E-state index in [1.165, 1.54) is 4.90 Å². The number of aliphatic imine (C=N–C) groups is 1. The number of nitrogens with one attached hydrogen (secondary N) is 3. The van der Waals surface area contributed by atoms with Gasteiger partial charge in [0.25, 0.3) is 11.8 Å². The van der Waals surface area contributed by atoms with Crippen LogP contribution in [0, 0.1) is 0 Å². The fraction of sp³-hybridized carbons (Fsp3) is 0.545. The van der Waals surface area contributed by atoms with Crippen molar-refractivity contribution in [3.63, 3.8) is 0 Å². The van der Waals surface area contributed by atoms with Crippen molar-refractivity contribution in [3.8, 4) is 0 Å². The van der Waals surface area contributed by atoms with E-state index in [-0.39, 0.29) is 11.8 Å². The number of benzene rings is 1. The largest absolute Gasteiger partial charge is 0.444 e. The molecule has 0 radical (unpaired) electrons. The second-order valence-corrected chi connectivity index (χ2v) is 8.22. The standard InChI is InChI=1S/C22H33N5O4/c1-22(2,3)31-21(30)26-14-9-13-25-20(23-4)24-12-7-8-15-27-18(28)16-10-5-6-11-17(16)19(27)29/h5-6,10-11H,7-9,12-15H2,1-4H3,(H,26,30)(H2,23,24,25). The fourth-order valence-corrected chi connectivity index (χ4v) is 3.06. The van der Waals surface area contributed by atoms with Crippen LogP contribution in [0.25, 0.3) is 0 Å². The predicted molar refractivity (Wildman–Crippen MR) is 119 cm³/mol. The van der Waals surface area contributed by atoms with Gasteiger partial charge in [-0.25, -0.2) is 4.79 Å². The van der Waals surface area contributed by atoms with E-state index < -0.39 is 11.7 Å². The number of unbranched alkanes of at least 4 members (excludes halogenated alkanes) is 1. The van der Waals surface area contributed by atoms with Crippen molar-refractivity contribution in [2.75, 3.05) is 33.2 Å². The molecular formula is C22H33N5O4. The maximum atomic E-state index is 12.3. The fourth-order valence-electron chi connectivity index (χ4n) is 3.06. The minimum absolute atomic E-state index is 0.217. The number of imide groups is 1. The van der Waals surface area contributed by atoms with E-state index in [1.54, 1.807) is 31.3 Å². The maximum Gasteiger partial charge on any atom is 0.407 e. The number of hydrogen-bond acceptors (Lipinski definition) is 5. The van der Waals surface area contributed by atoms with Crippen LogP contribution in [0.15, 0.2) is 29.3 Å². The Morgan fingerprint density at radius 1 is 0.935 bits per heavy atom. The first-order valence-electron chi connectivity index (χ1n) is 10.6. The van der Waals surface area contributed by atoms with Gasteiger partial charge in [0.2, 0.25) is 0 Å². The first-order chi connectivity index (χ1) is 14.7. The van der Waals surface area contributed by atoms with Crippen LogP contribution in [0.3, 0.4) is 0 Å². The molecule has 31 heavy (non-hydrogen) atoms. The molecule has 1 aliphatic rings. The summed E-state index contributed by atoms with van der Waals surface area (Å²) in [7, 11) is 1.69. The lowest BCUT2D eigenvalue weighted by atomic mass is 10.1. The Labute approximate surface area is 183 Å². The van der Waals surface area contributed by atoms with Gasteiger partial charge in [0.05, 0.1) is 11.1 Å². The van der Waals surface area contributed by atoms with Crippen LogP contribution in [0.4, 0.5) is 4.79 Å². The molecule has 0 aliphatic carbocycles. The minimum Gasteiger partial charge on any atom is -0.444 e. The van der Waals surface area contributed by atoms with Crippen molar-refractivity contribution in [3.05, 3.63) is 35.4 Å². The third kappa shape index (κ3) is 7.58. The van der Waals surface area contributed by atoms with Gasteiger partial charge in [0, 0.05) is 33.2 Å². The summed E-state index contributed by atoms with van der Waals surface area (Å²) in [5.74, 6) is 0.232. The summed E-state index contributed by atoms with van der Waals surface area (Å²) < 4.78 is 5.18. The zero-order valence-corrected chi connectivity index (χ0v) is 18.8. The van der Waals surface area contributed by atoms with Gasteiger partial charge >= 0.3 is 6.09 Å². The van der Waals surface area contributed by atoms with Gasteiger partial charge in [-0.1, -0.05) is 12.1 Å². The number of carbonyl (C=O) groups excluding carboxylic acids is 3. The molecule has 170 valence electrons. The lowest BCUT2D eigenvalue weighted by Crippen LogP contribution is -2.39. The number of fused-ring (bicyclic) bond motifs is 1. The molecule has 3 N–H and O–H groups in total. The van der Waals surface area contributed by atoms with E-state index in [1.807, 2.05) is 20.8 Å². The molecule has 9 heteroatoms. The SMILES string of the molecule is CN=C(NCCCCN1C(=O)c2ccccc2C1=O)NCCCNC(=O)OC(C)(C)C. The van der Waals surface area contributed by atoms with E-state index in [2.05, 4.69) is 20.9 Å². The number of ether oxygens (including phenoxy) is 1. The second-order valence-electron chi connectivity index (χ2n) is 8.22. The van der Waals surface area contributed by atoms with Crippen LogP contribution in [-0.4, -0.2) is 67.6 Å². The molecule has 0 unspecified atom stereocenters. The van der Waals surface area contributed by atoms with E-state index in [9.17, 15) is 14.4 Å². The highest BCUT2D eigenvalue weighted by Crippen LogP contribution is 2.22. The molecule has 3 amide bonds. The Morgan fingerprint density at radius 3 is 2.03 bits per heavy atom. The molecule has 1 aromatic rings. The lowest BCUT2D eigenvalue weighted by molar-refractivity contribution is 0.0526. The normalized spacial score (nSPS) is 13.8. The van der Waals surface area contributed by atoms with Gasteiger partial charge in [-0.15, -0.1) is 0 Å². The van der Waals surface area contributed by atoms with Crippen molar-refractivity contribution < 1.29 is 19.1 Å². The zero-order valence-electron chi connectivity index (χ0n) is 18.8. The van der Waals surface area contributed by atoms with Crippen LogP contribution in [-0.2, 0) is 4.74 Å². The Bertz CT molecular complexity index is 781. The summed E-state index contributed by atoms with van der Waals surface area (Å²) in [6.07, 6.45) is 1.79. The number of guanidine groups is 1. The lowest BCUT2D eigenvalue weighted by Gasteiger charge is -2.19. The van der Waals surface area contributed by atoms with E-state index in [0.29, 0.717) is 49.7 Å². The summed E-state index contributed by atoms with van der Waals surface area (Å²) in [5.41, 5.74) is 0.459. The Kier molecular flexibility index (Phi) is 8.84. The second kappa shape index (κ2) is 11.3. The smallest absolute Gasteiger partial charge is 0.407 e. The molecule has 0 saturated carbocycles. The number of alkyl carbamates (subject to hydrolysis) is 1. The third-order valence-electron chi connectivity index (χ3n) is 4.52. The predicted octanol–water partition coefficient (Wildman–Crippen LogP) is 2.14. The first-order valence-corrected chi connectivity index (χ1v) is 10.6. The zero-order chi connectivity index (χ0) is 22.9. The molecule has 2 rings (SSSR count). The summed E-state index contributed by atoms with van der Waals surface area (Å²) in [4.78, 5) is 41.7. The number of nitrogens with zero attached hydrogens (tertiary/aromatic N) is 2. The molecule has 0 bridgehead atoms. The molecule has 0 atom stereocenters. The van der Waals surface area contributed by atoms with Crippen LogP contribution >= 0.6 is 0 Å². The summed E-state index contributed by atoms with van der Waals surface area (Å²) >= 11 is 0. The van der Waals surface area contributed by atoms with Gasteiger partial charge in [0.1, 0.15) is 5.60 Å². The molecule has 1 aromatic carbocycles. The molecule has 9 nitrogen and oxygen atoms in total. The quantitative estimate of drug-likeness (QED) is 0.239. The average Bonchev–Trinajstić information content (AvgIpc) is 2.95. The monoisotopic (exact) mass is 431 g/mol. The van der Waals surface area contributed by atoms with Crippen LogP contribution in [0.2, 0.25) is 0 Å². The highest BCUT2D eigenvalue weighted by molar-refractivity contribution is 6.21. The topological polar surface area (TPSA) is 112 Å². The molecule has 1 aliphatic heterocycles. The van der Waals surface area contributed by atoms with Crippen LogP contribution in [0.5, 0.6) is 0 Å². The number of carbonyl (C=O) groups is 3. The minimum atomic E-state index is -0.506. The third-order valence-corrected chi connectivity index (χ3v) is 4.52. The molecule has 0 saturated heterocycles. The molecule has 0 spiro atoms. The van der Waals surface area contributed by atoms with Crippen LogP contribution < -0.4 is 16.0 Å². The Balaban J connectivity index is 1.57. The number of amides is 3. The average molecular weight is 432 g/mol. The number of rotatable bonds is 9. The van der Waals surface area contributed by atoms with E-state index in [4.69, 9.17) is 4.74 Å². The Morgan fingerprint density at radius 2 is 1.48 bits per heavy atom.